The Balaban J connectivity index is 3.27. The summed E-state index contributed by atoms with van der Waals surface area (Å²) in [6, 6.07) is 0.944. The van der Waals surface area contributed by atoms with Crippen molar-refractivity contribution in [1.82, 2.24) is 4.98 Å². The largest absolute Gasteiger partial charge is 0.478 e. The second-order valence-electron chi connectivity index (χ2n) is 2.09. The quantitative estimate of drug-likeness (QED) is 0.484. The summed E-state index contributed by atoms with van der Waals surface area (Å²) in [6.45, 7) is 0. The maximum Gasteiger partial charge on any atom is 0.338 e. The second-order valence-corrected chi connectivity index (χ2v) is 2.85. The van der Waals surface area contributed by atoms with Crippen molar-refractivity contribution in [2.45, 2.75) is 0 Å². The van der Waals surface area contributed by atoms with Crippen LogP contribution >= 0.6 is 15.9 Å². The van der Waals surface area contributed by atoms with Crippen molar-refractivity contribution < 1.29 is 14.8 Å². The Hall–Kier alpha value is -1.50. The maximum absolute atomic E-state index is 10.5. The molecule has 1 aromatic rings. The highest BCUT2D eigenvalue weighted by Crippen LogP contribution is 2.19. The van der Waals surface area contributed by atoms with Crippen LogP contribution in [-0.4, -0.2) is 21.0 Å². The molecular formula is C6H3BrN2O4. The number of rotatable bonds is 2. The highest BCUT2D eigenvalue weighted by atomic mass is 79.9. The zero-order chi connectivity index (χ0) is 10.0. The van der Waals surface area contributed by atoms with Crippen LogP contribution in [0.3, 0.4) is 0 Å². The summed E-state index contributed by atoms with van der Waals surface area (Å²) >= 11 is 2.87. The van der Waals surface area contributed by atoms with E-state index < -0.39 is 10.9 Å². The van der Waals surface area contributed by atoms with Crippen LogP contribution in [0.4, 0.5) is 5.69 Å². The number of pyridine rings is 1. The molecule has 0 aromatic carbocycles. The van der Waals surface area contributed by atoms with E-state index in [1.807, 2.05) is 0 Å². The van der Waals surface area contributed by atoms with Gasteiger partial charge in [0, 0.05) is 6.07 Å². The van der Waals surface area contributed by atoms with Gasteiger partial charge in [-0.05, 0) is 15.9 Å². The van der Waals surface area contributed by atoms with E-state index in [-0.39, 0.29) is 15.9 Å². The topological polar surface area (TPSA) is 93.3 Å². The highest BCUT2D eigenvalue weighted by Gasteiger charge is 2.15. The lowest BCUT2D eigenvalue weighted by Gasteiger charge is -1.96. The lowest BCUT2D eigenvalue weighted by atomic mass is 10.3. The number of carboxylic acid groups (broad SMARTS) is 1. The molecule has 13 heavy (non-hydrogen) atoms. The summed E-state index contributed by atoms with van der Waals surface area (Å²) in [6.07, 6.45) is 0.983. The van der Waals surface area contributed by atoms with Crippen LogP contribution in [0.15, 0.2) is 16.9 Å². The monoisotopic (exact) mass is 246 g/mol. The fourth-order valence-electron chi connectivity index (χ4n) is 0.687. The number of carboxylic acids is 1. The first-order valence-electron chi connectivity index (χ1n) is 3.05. The summed E-state index contributed by atoms with van der Waals surface area (Å²) in [5, 5.41) is 18.8. The standard InChI is InChI=1S/C6H3BrN2O4/c7-5-4(6(10)11)1-3(2-8-5)9(12)13/h1-2H,(H,10,11). The summed E-state index contributed by atoms with van der Waals surface area (Å²) < 4.78 is 0.0746. The normalized spacial score (nSPS) is 9.62. The number of hydrogen-bond acceptors (Lipinski definition) is 4. The van der Waals surface area contributed by atoms with E-state index in [9.17, 15) is 14.9 Å². The molecule has 1 rings (SSSR count). The highest BCUT2D eigenvalue weighted by molar-refractivity contribution is 9.10. The van der Waals surface area contributed by atoms with Gasteiger partial charge in [-0.2, -0.15) is 0 Å². The first-order chi connectivity index (χ1) is 6.02. The molecule has 0 bridgehead atoms. The molecule has 1 aromatic heterocycles. The lowest BCUT2D eigenvalue weighted by Crippen LogP contribution is -2.01. The molecule has 0 aliphatic carbocycles. The van der Waals surface area contributed by atoms with E-state index in [0.717, 1.165) is 12.3 Å². The van der Waals surface area contributed by atoms with Gasteiger partial charge in [-0.15, -0.1) is 0 Å². The van der Waals surface area contributed by atoms with Gasteiger partial charge in [0.25, 0.3) is 5.69 Å². The summed E-state index contributed by atoms with van der Waals surface area (Å²) in [5.74, 6) is -1.26. The number of carbonyl (C=O) groups is 1. The molecule has 0 amide bonds. The number of aromatic carboxylic acids is 1. The van der Waals surface area contributed by atoms with Gasteiger partial charge in [0.05, 0.1) is 10.5 Å². The summed E-state index contributed by atoms with van der Waals surface area (Å²) in [7, 11) is 0. The number of nitrogens with zero attached hydrogens (tertiary/aromatic N) is 2. The van der Waals surface area contributed by atoms with Gasteiger partial charge >= 0.3 is 5.97 Å². The van der Waals surface area contributed by atoms with Crippen LogP contribution < -0.4 is 0 Å². The van der Waals surface area contributed by atoms with Crippen molar-refractivity contribution in [2.24, 2.45) is 0 Å². The molecule has 1 heterocycles. The Bertz CT molecular complexity index is 379. The molecule has 0 radical (unpaired) electrons. The van der Waals surface area contributed by atoms with Crippen molar-refractivity contribution in [3.05, 3.63) is 32.5 Å². The minimum atomic E-state index is -1.26. The Morgan fingerprint density at radius 3 is 2.77 bits per heavy atom. The molecule has 7 heteroatoms. The predicted molar refractivity (Wildman–Crippen MR) is 45.6 cm³/mol. The molecule has 0 aliphatic rings. The van der Waals surface area contributed by atoms with Crippen molar-refractivity contribution in [3.8, 4) is 0 Å². The van der Waals surface area contributed by atoms with E-state index in [1.165, 1.54) is 0 Å². The molecule has 6 nitrogen and oxygen atoms in total. The second kappa shape index (κ2) is 3.48. The van der Waals surface area contributed by atoms with Gasteiger partial charge in [-0.3, -0.25) is 10.1 Å². The Morgan fingerprint density at radius 1 is 1.69 bits per heavy atom. The summed E-state index contributed by atoms with van der Waals surface area (Å²) in [4.78, 5) is 23.6. The van der Waals surface area contributed by atoms with Gasteiger partial charge in [-0.1, -0.05) is 0 Å². The maximum atomic E-state index is 10.5. The van der Waals surface area contributed by atoms with Crippen LogP contribution in [0.2, 0.25) is 0 Å². The van der Waals surface area contributed by atoms with E-state index in [4.69, 9.17) is 5.11 Å². The van der Waals surface area contributed by atoms with Gasteiger partial charge < -0.3 is 5.11 Å². The average Bonchev–Trinajstić information content (AvgIpc) is 2.04. The summed E-state index contributed by atoms with van der Waals surface area (Å²) in [5.41, 5.74) is -0.574. The Labute approximate surface area is 80.5 Å². The number of hydrogen-bond donors (Lipinski definition) is 1. The smallest absolute Gasteiger partial charge is 0.338 e. The Morgan fingerprint density at radius 2 is 2.31 bits per heavy atom. The van der Waals surface area contributed by atoms with Gasteiger partial charge in [-0.25, -0.2) is 9.78 Å². The molecular weight excluding hydrogens is 244 g/mol. The van der Waals surface area contributed by atoms with Gasteiger partial charge in [0.1, 0.15) is 10.8 Å². The van der Waals surface area contributed by atoms with Crippen molar-refractivity contribution in [2.75, 3.05) is 0 Å². The fraction of sp³-hybridized carbons (Fsp3) is 0. The molecule has 1 N–H and O–H groups in total. The molecule has 0 unspecified atom stereocenters. The van der Waals surface area contributed by atoms with Crippen molar-refractivity contribution >= 4 is 27.6 Å². The third kappa shape index (κ3) is 2.00. The van der Waals surface area contributed by atoms with E-state index in [2.05, 4.69) is 20.9 Å². The SMILES string of the molecule is O=C(O)c1cc([N+](=O)[O-])cnc1Br. The van der Waals surface area contributed by atoms with Crippen LogP contribution in [0.25, 0.3) is 0 Å². The molecule has 0 fully saturated rings. The van der Waals surface area contributed by atoms with Crippen LogP contribution in [0.1, 0.15) is 10.4 Å². The molecule has 68 valence electrons. The van der Waals surface area contributed by atoms with Gasteiger partial charge in [0.15, 0.2) is 0 Å². The van der Waals surface area contributed by atoms with Crippen molar-refractivity contribution in [3.63, 3.8) is 0 Å². The number of nitro groups is 1. The molecule has 0 aliphatic heterocycles. The predicted octanol–water partition coefficient (Wildman–Crippen LogP) is 1.45. The zero-order valence-electron chi connectivity index (χ0n) is 6.10. The molecule has 0 saturated heterocycles. The first-order valence-corrected chi connectivity index (χ1v) is 3.85. The molecule has 0 spiro atoms. The van der Waals surface area contributed by atoms with Gasteiger partial charge in [0.2, 0.25) is 0 Å². The minimum absolute atomic E-state index is 0.0746. The van der Waals surface area contributed by atoms with Crippen LogP contribution in [0.5, 0.6) is 0 Å². The lowest BCUT2D eigenvalue weighted by molar-refractivity contribution is -0.385. The number of halogens is 1. The van der Waals surface area contributed by atoms with E-state index in [1.54, 1.807) is 0 Å². The van der Waals surface area contributed by atoms with E-state index in [0.29, 0.717) is 0 Å². The first kappa shape index (κ1) is 9.59. The third-order valence-corrected chi connectivity index (χ3v) is 1.90. The van der Waals surface area contributed by atoms with Crippen LogP contribution in [-0.2, 0) is 0 Å². The molecule has 0 atom stereocenters. The van der Waals surface area contributed by atoms with Crippen LogP contribution in [0, 0.1) is 10.1 Å². The minimum Gasteiger partial charge on any atom is -0.478 e. The fourth-order valence-corrected chi connectivity index (χ4v) is 1.07. The van der Waals surface area contributed by atoms with Crippen molar-refractivity contribution in [1.29, 1.82) is 0 Å². The Kier molecular flexibility index (Phi) is 2.57. The average molecular weight is 247 g/mol. The molecule has 0 saturated carbocycles. The zero-order valence-corrected chi connectivity index (χ0v) is 7.69. The third-order valence-electron chi connectivity index (χ3n) is 1.27. The number of aromatic nitrogens is 1. The van der Waals surface area contributed by atoms with E-state index >= 15 is 0 Å².